The number of benzene rings is 1. The van der Waals surface area contributed by atoms with Gasteiger partial charge in [0.1, 0.15) is 5.82 Å². The number of aliphatic hydroxyl groups is 1. The normalized spacial score (nSPS) is 44.3. The maximum atomic E-state index is 13.2. The first-order valence-electron chi connectivity index (χ1n) is 12.0. The van der Waals surface area contributed by atoms with Gasteiger partial charge < -0.3 is 5.11 Å². The van der Waals surface area contributed by atoms with Crippen molar-refractivity contribution in [1.82, 2.24) is 0 Å². The molecule has 30 heavy (non-hydrogen) atoms. The van der Waals surface area contributed by atoms with E-state index in [0.29, 0.717) is 22.8 Å². The van der Waals surface area contributed by atoms with Crippen molar-refractivity contribution in [3.8, 4) is 0 Å². The van der Waals surface area contributed by atoms with Crippen LogP contribution in [0.2, 0.25) is 0 Å². The van der Waals surface area contributed by atoms with Gasteiger partial charge in [-0.25, -0.2) is 4.39 Å². The first kappa shape index (κ1) is 20.4. The van der Waals surface area contributed by atoms with Crippen molar-refractivity contribution in [2.24, 2.45) is 34.5 Å². The molecule has 0 aliphatic heterocycles. The predicted octanol–water partition coefficient (Wildman–Crippen LogP) is 6.34. The summed E-state index contributed by atoms with van der Waals surface area (Å²) >= 11 is 0. The first-order valence-corrected chi connectivity index (χ1v) is 12.0. The maximum Gasteiger partial charge on any atom is 0.185 e. The molecule has 1 aromatic carbocycles. The minimum absolute atomic E-state index is 0.0194. The number of fused-ring (bicyclic) bond motifs is 5. The smallest absolute Gasteiger partial charge is 0.185 e. The Morgan fingerprint density at radius 2 is 1.80 bits per heavy atom. The number of ketones is 1. The van der Waals surface area contributed by atoms with Crippen molar-refractivity contribution in [2.75, 3.05) is 0 Å². The summed E-state index contributed by atoms with van der Waals surface area (Å²) in [6.07, 6.45) is 12.1. The van der Waals surface area contributed by atoms with E-state index < -0.39 is 0 Å². The fraction of sp³-hybridized carbons (Fsp3) is 0.667. The fourth-order valence-electron chi connectivity index (χ4n) is 8.18. The topological polar surface area (TPSA) is 37.3 Å². The van der Waals surface area contributed by atoms with E-state index in [1.165, 1.54) is 56.2 Å². The van der Waals surface area contributed by atoms with Gasteiger partial charge in [0.2, 0.25) is 0 Å². The molecule has 5 rings (SSSR count). The Morgan fingerprint density at radius 1 is 1.03 bits per heavy atom. The number of allylic oxidation sites excluding steroid dienone is 2. The molecule has 4 aliphatic carbocycles. The Hall–Kier alpha value is -1.48. The van der Waals surface area contributed by atoms with Gasteiger partial charge in [-0.05, 0) is 123 Å². The predicted molar refractivity (Wildman–Crippen MR) is 117 cm³/mol. The Bertz CT molecular complexity index is 858. The minimum Gasteiger partial charge on any atom is -0.393 e. The van der Waals surface area contributed by atoms with Crippen LogP contribution in [0.5, 0.6) is 0 Å². The van der Waals surface area contributed by atoms with E-state index in [9.17, 15) is 14.3 Å². The zero-order valence-corrected chi connectivity index (χ0v) is 18.4. The van der Waals surface area contributed by atoms with Crippen LogP contribution in [0.1, 0.15) is 82.0 Å². The van der Waals surface area contributed by atoms with Crippen LogP contribution < -0.4 is 0 Å². The average Bonchev–Trinajstić information content (AvgIpc) is 3.05. The number of carbonyl (C=O) groups excluding carboxylic acids is 1. The second-order valence-corrected chi connectivity index (χ2v) is 11.1. The molecule has 0 amide bonds. The zero-order chi connectivity index (χ0) is 21.1. The largest absolute Gasteiger partial charge is 0.393 e. The highest BCUT2D eigenvalue weighted by Gasteiger charge is 2.58. The molecule has 7 atom stereocenters. The van der Waals surface area contributed by atoms with E-state index in [4.69, 9.17) is 0 Å². The lowest BCUT2D eigenvalue weighted by Crippen LogP contribution is -2.53. The number of hydrogen-bond acceptors (Lipinski definition) is 2. The van der Waals surface area contributed by atoms with E-state index in [1.807, 2.05) is 6.08 Å². The van der Waals surface area contributed by atoms with Gasteiger partial charge in [-0.15, -0.1) is 0 Å². The molecule has 0 heterocycles. The van der Waals surface area contributed by atoms with E-state index in [0.717, 1.165) is 31.1 Å². The quantitative estimate of drug-likeness (QED) is 0.456. The van der Waals surface area contributed by atoms with Crippen LogP contribution in [0.3, 0.4) is 0 Å². The van der Waals surface area contributed by atoms with Crippen LogP contribution in [-0.4, -0.2) is 17.0 Å². The maximum absolute atomic E-state index is 13.2. The van der Waals surface area contributed by atoms with Crippen molar-refractivity contribution in [3.63, 3.8) is 0 Å². The summed E-state index contributed by atoms with van der Waals surface area (Å²) in [5.74, 6) is 2.60. The molecule has 0 saturated heterocycles. The lowest BCUT2D eigenvalue weighted by Gasteiger charge is -2.60. The summed E-state index contributed by atoms with van der Waals surface area (Å²) in [6.45, 7) is 4.93. The molecule has 4 aliphatic rings. The summed E-state index contributed by atoms with van der Waals surface area (Å²) in [5, 5.41) is 10.2. The molecule has 0 aromatic heterocycles. The fourth-order valence-corrected chi connectivity index (χ4v) is 8.18. The molecule has 2 nitrogen and oxygen atoms in total. The third-order valence-corrected chi connectivity index (χ3v) is 9.92. The van der Waals surface area contributed by atoms with Crippen molar-refractivity contribution in [1.29, 1.82) is 0 Å². The van der Waals surface area contributed by atoms with Gasteiger partial charge in [0.15, 0.2) is 5.78 Å². The van der Waals surface area contributed by atoms with Gasteiger partial charge in [0, 0.05) is 5.56 Å². The molecular weight excluding hydrogens is 375 g/mol. The highest BCUT2D eigenvalue weighted by Crippen LogP contribution is 2.67. The lowest BCUT2D eigenvalue weighted by atomic mass is 9.45. The molecule has 1 N–H and O–H groups in total. The van der Waals surface area contributed by atoms with E-state index in [1.54, 1.807) is 12.1 Å². The van der Waals surface area contributed by atoms with Gasteiger partial charge in [0.05, 0.1) is 6.10 Å². The van der Waals surface area contributed by atoms with Crippen LogP contribution in [0.25, 0.3) is 0 Å². The zero-order valence-electron chi connectivity index (χ0n) is 18.4. The Balaban J connectivity index is 1.39. The van der Waals surface area contributed by atoms with Crippen LogP contribution in [0.4, 0.5) is 4.39 Å². The monoisotopic (exact) mass is 410 g/mol. The van der Waals surface area contributed by atoms with Crippen LogP contribution in [-0.2, 0) is 0 Å². The molecule has 162 valence electrons. The van der Waals surface area contributed by atoms with E-state index in [2.05, 4.69) is 13.8 Å². The second-order valence-electron chi connectivity index (χ2n) is 11.1. The Kier molecular flexibility index (Phi) is 4.96. The summed E-state index contributed by atoms with van der Waals surface area (Å²) in [4.78, 5) is 12.9. The number of rotatable bonds is 2. The van der Waals surface area contributed by atoms with Crippen molar-refractivity contribution < 1.29 is 14.3 Å². The van der Waals surface area contributed by atoms with Gasteiger partial charge in [-0.1, -0.05) is 19.4 Å². The third-order valence-electron chi connectivity index (χ3n) is 9.92. The highest BCUT2D eigenvalue weighted by atomic mass is 19.1. The van der Waals surface area contributed by atoms with E-state index in [-0.39, 0.29) is 23.1 Å². The van der Waals surface area contributed by atoms with Crippen molar-refractivity contribution in [2.45, 2.75) is 77.7 Å². The van der Waals surface area contributed by atoms with Gasteiger partial charge in [-0.3, -0.25) is 4.79 Å². The van der Waals surface area contributed by atoms with Crippen LogP contribution >= 0.6 is 0 Å². The van der Waals surface area contributed by atoms with Gasteiger partial charge >= 0.3 is 0 Å². The first-order chi connectivity index (χ1) is 14.3. The van der Waals surface area contributed by atoms with Crippen LogP contribution in [0, 0.1) is 40.3 Å². The minimum atomic E-state index is -0.301. The third kappa shape index (κ3) is 3.11. The highest BCUT2D eigenvalue weighted by molar-refractivity contribution is 6.05. The molecular formula is C27H35FO2. The molecule has 0 radical (unpaired) electrons. The van der Waals surface area contributed by atoms with Gasteiger partial charge in [0.25, 0.3) is 0 Å². The number of hydrogen-bond donors (Lipinski definition) is 1. The number of carbonyl (C=O) groups is 1. The molecule has 0 spiro atoms. The summed E-state index contributed by atoms with van der Waals surface area (Å²) in [5.41, 5.74) is 2.43. The molecule has 3 heteroatoms. The second kappa shape index (κ2) is 7.29. The van der Waals surface area contributed by atoms with Gasteiger partial charge in [-0.2, -0.15) is 0 Å². The molecule has 0 unspecified atom stereocenters. The molecule has 0 bridgehead atoms. The number of aliphatic hydroxyl groups excluding tert-OH is 1. The Labute approximate surface area is 180 Å². The van der Waals surface area contributed by atoms with E-state index >= 15 is 0 Å². The van der Waals surface area contributed by atoms with Crippen molar-refractivity contribution >= 4 is 5.78 Å². The molecule has 4 fully saturated rings. The Morgan fingerprint density at radius 3 is 2.57 bits per heavy atom. The standard InChI is InChI=1S/C27H35FO2/c1-26-13-11-21(29)15-18(26)5-9-22-23-10-6-19(27(23,2)14-12-24(22)26)16-25(30)17-3-7-20(28)8-4-17/h3-4,7-8,16,18,21-24,29H,5-6,9-15H2,1-2H3/b19-16+/t18-,21-,22-,23-,24-,26-,27+/m0/s1. The molecule has 1 aromatic rings. The average molecular weight is 411 g/mol. The molecule has 4 saturated carbocycles. The lowest BCUT2D eigenvalue weighted by molar-refractivity contribution is -0.116. The summed E-state index contributed by atoms with van der Waals surface area (Å²) < 4.78 is 13.2. The summed E-state index contributed by atoms with van der Waals surface area (Å²) in [7, 11) is 0. The number of halogens is 1. The SMILES string of the molecule is C[C@]12CC[C@H](O)C[C@@H]1CC[C@@H]1[C@@H]2CC[C@]2(C)/C(=C/C(=O)c3ccc(F)cc3)CC[C@@H]12. The van der Waals surface area contributed by atoms with Crippen molar-refractivity contribution in [3.05, 3.63) is 47.3 Å². The van der Waals surface area contributed by atoms with Crippen LogP contribution in [0.15, 0.2) is 35.9 Å². The summed E-state index contributed by atoms with van der Waals surface area (Å²) in [6, 6.07) is 5.94.